The molecule has 1 aliphatic rings. The minimum atomic E-state index is -0.831. The van der Waals surface area contributed by atoms with E-state index >= 15 is 0 Å². The van der Waals surface area contributed by atoms with Crippen LogP contribution in [0.1, 0.15) is 24.0 Å². The maximum atomic E-state index is 10.8. The average molecular weight is 230 g/mol. The van der Waals surface area contributed by atoms with Gasteiger partial charge in [-0.2, -0.15) is 0 Å². The van der Waals surface area contributed by atoms with E-state index in [0.29, 0.717) is 0 Å². The Labute approximate surface area is 98.9 Å². The van der Waals surface area contributed by atoms with E-state index in [2.05, 4.69) is 17.1 Å². The molecule has 2 aromatic rings. The molecule has 4 heteroatoms. The van der Waals surface area contributed by atoms with Crippen LogP contribution in [0.5, 0.6) is 0 Å². The Hall–Kier alpha value is -1.84. The molecule has 1 aromatic carbocycles. The smallest absolute Gasteiger partial charge is 0.323 e. The summed E-state index contributed by atoms with van der Waals surface area (Å²) in [7, 11) is 0. The number of fused-ring (bicyclic) bond motifs is 2. The van der Waals surface area contributed by atoms with E-state index in [1.54, 1.807) is 10.9 Å². The standard InChI is InChI=1S/C13H14N2O2/c16-13(17)7-15-8-14-11-5-9-3-1-2-4-10(9)6-12(11)15/h5-6,8H,1-4,7H2,(H,16,17). The van der Waals surface area contributed by atoms with Gasteiger partial charge in [-0.25, -0.2) is 4.98 Å². The minimum absolute atomic E-state index is 0.0186. The van der Waals surface area contributed by atoms with Crippen LogP contribution >= 0.6 is 0 Å². The van der Waals surface area contributed by atoms with Crippen molar-refractivity contribution in [3.05, 3.63) is 29.6 Å². The van der Waals surface area contributed by atoms with Gasteiger partial charge in [-0.05, 0) is 48.9 Å². The van der Waals surface area contributed by atoms with Crippen molar-refractivity contribution in [2.45, 2.75) is 32.2 Å². The van der Waals surface area contributed by atoms with Crippen molar-refractivity contribution < 1.29 is 9.90 Å². The summed E-state index contributed by atoms with van der Waals surface area (Å²) in [5.41, 5.74) is 4.58. The van der Waals surface area contributed by atoms with Crippen molar-refractivity contribution in [2.24, 2.45) is 0 Å². The molecule has 1 aliphatic carbocycles. The third kappa shape index (κ3) is 1.79. The van der Waals surface area contributed by atoms with Crippen LogP contribution in [0.2, 0.25) is 0 Å². The number of nitrogens with zero attached hydrogens (tertiary/aromatic N) is 2. The van der Waals surface area contributed by atoms with Gasteiger partial charge in [-0.15, -0.1) is 0 Å². The van der Waals surface area contributed by atoms with E-state index in [1.807, 2.05) is 0 Å². The predicted molar refractivity (Wildman–Crippen MR) is 64.0 cm³/mol. The van der Waals surface area contributed by atoms with Gasteiger partial charge in [-0.1, -0.05) is 0 Å². The second-order valence-corrected chi connectivity index (χ2v) is 4.58. The fraction of sp³-hybridized carbons (Fsp3) is 0.385. The Morgan fingerprint density at radius 3 is 2.71 bits per heavy atom. The van der Waals surface area contributed by atoms with Gasteiger partial charge in [0.05, 0.1) is 17.4 Å². The maximum absolute atomic E-state index is 10.8. The Bertz CT molecular complexity index is 586. The zero-order chi connectivity index (χ0) is 11.8. The molecule has 0 spiro atoms. The van der Waals surface area contributed by atoms with Gasteiger partial charge in [0.25, 0.3) is 0 Å². The number of carboxylic acids is 1. The lowest BCUT2D eigenvalue weighted by molar-refractivity contribution is -0.137. The third-order valence-electron chi connectivity index (χ3n) is 3.39. The van der Waals surface area contributed by atoms with Gasteiger partial charge >= 0.3 is 5.97 Å². The van der Waals surface area contributed by atoms with E-state index in [9.17, 15) is 4.79 Å². The van der Waals surface area contributed by atoms with Crippen LogP contribution in [0.4, 0.5) is 0 Å². The molecule has 0 saturated carbocycles. The molecule has 0 saturated heterocycles. The number of hydrogen-bond acceptors (Lipinski definition) is 2. The summed E-state index contributed by atoms with van der Waals surface area (Å²) in [6.07, 6.45) is 6.31. The van der Waals surface area contributed by atoms with E-state index in [-0.39, 0.29) is 6.54 Å². The van der Waals surface area contributed by atoms with Crippen LogP contribution in [0.25, 0.3) is 11.0 Å². The molecular formula is C13H14N2O2. The number of carboxylic acid groups (broad SMARTS) is 1. The quantitative estimate of drug-likeness (QED) is 0.858. The van der Waals surface area contributed by atoms with Crippen molar-refractivity contribution >= 4 is 17.0 Å². The first-order chi connectivity index (χ1) is 8.24. The Kier molecular flexibility index (Phi) is 2.35. The van der Waals surface area contributed by atoms with Crippen molar-refractivity contribution in [2.75, 3.05) is 0 Å². The summed E-state index contributed by atoms with van der Waals surface area (Å²) in [4.78, 5) is 15.0. The first kappa shape index (κ1) is 10.3. The summed E-state index contributed by atoms with van der Waals surface area (Å²) in [5.74, 6) is -0.831. The lowest BCUT2D eigenvalue weighted by Gasteiger charge is -2.15. The molecule has 1 heterocycles. The molecular weight excluding hydrogens is 216 g/mol. The Morgan fingerprint density at radius 1 is 1.29 bits per heavy atom. The van der Waals surface area contributed by atoms with Crippen LogP contribution in [-0.2, 0) is 24.2 Å². The highest BCUT2D eigenvalue weighted by Gasteiger charge is 2.13. The van der Waals surface area contributed by atoms with Gasteiger partial charge in [-0.3, -0.25) is 4.79 Å². The molecule has 4 nitrogen and oxygen atoms in total. The summed E-state index contributed by atoms with van der Waals surface area (Å²) < 4.78 is 1.70. The van der Waals surface area contributed by atoms with Gasteiger partial charge < -0.3 is 9.67 Å². The van der Waals surface area contributed by atoms with Crippen LogP contribution in [0.15, 0.2) is 18.5 Å². The second kappa shape index (κ2) is 3.87. The molecule has 88 valence electrons. The number of imidazole rings is 1. The van der Waals surface area contributed by atoms with Crippen LogP contribution in [0, 0.1) is 0 Å². The van der Waals surface area contributed by atoms with E-state index in [4.69, 9.17) is 5.11 Å². The van der Waals surface area contributed by atoms with Crippen molar-refractivity contribution in [1.29, 1.82) is 0 Å². The predicted octanol–water partition coefficient (Wildman–Crippen LogP) is 2.00. The monoisotopic (exact) mass is 230 g/mol. The fourth-order valence-electron chi connectivity index (χ4n) is 2.56. The number of carbonyl (C=O) groups is 1. The van der Waals surface area contributed by atoms with Gasteiger partial charge in [0.2, 0.25) is 0 Å². The van der Waals surface area contributed by atoms with E-state index < -0.39 is 5.97 Å². The molecule has 0 fully saturated rings. The highest BCUT2D eigenvalue weighted by molar-refractivity contribution is 5.79. The van der Waals surface area contributed by atoms with Crippen LogP contribution in [0.3, 0.4) is 0 Å². The zero-order valence-electron chi connectivity index (χ0n) is 9.52. The topological polar surface area (TPSA) is 55.1 Å². The highest BCUT2D eigenvalue weighted by atomic mass is 16.4. The number of aryl methyl sites for hydroxylation is 2. The maximum Gasteiger partial charge on any atom is 0.323 e. The summed E-state index contributed by atoms with van der Waals surface area (Å²) in [5, 5.41) is 8.83. The van der Waals surface area contributed by atoms with Gasteiger partial charge in [0.1, 0.15) is 6.54 Å². The molecule has 0 amide bonds. The summed E-state index contributed by atoms with van der Waals surface area (Å²) >= 11 is 0. The normalized spacial score (nSPS) is 14.8. The number of rotatable bonds is 2. The lowest BCUT2D eigenvalue weighted by Crippen LogP contribution is -2.08. The first-order valence-electron chi connectivity index (χ1n) is 5.92. The third-order valence-corrected chi connectivity index (χ3v) is 3.39. The molecule has 0 radical (unpaired) electrons. The molecule has 0 unspecified atom stereocenters. The van der Waals surface area contributed by atoms with E-state index in [0.717, 1.165) is 23.9 Å². The Balaban J connectivity index is 2.12. The number of aliphatic carboxylic acids is 1. The number of benzene rings is 1. The lowest BCUT2D eigenvalue weighted by atomic mass is 9.91. The molecule has 1 N–H and O–H groups in total. The SMILES string of the molecule is O=C(O)Cn1cnc2cc3c(cc21)CCCC3. The molecule has 0 atom stereocenters. The van der Waals surface area contributed by atoms with Crippen molar-refractivity contribution in [3.8, 4) is 0 Å². The number of hydrogen-bond donors (Lipinski definition) is 1. The second-order valence-electron chi connectivity index (χ2n) is 4.58. The average Bonchev–Trinajstić information content (AvgIpc) is 2.68. The first-order valence-corrected chi connectivity index (χ1v) is 5.92. The summed E-state index contributed by atoms with van der Waals surface area (Å²) in [6.45, 7) is -0.0186. The fourth-order valence-corrected chi connectivity index (χ4v) is 2.56. The van der Waals surface area contributed by atoms with E-state index in [1.165, 1.54) is 24.0 Å². The Morgan fingerprint density at radius 2 is 2.00 bits per heavy atom. The van der Waals surface area contributed by atoms with Gasteiger partial charge in [0, 0.05) is 0 Å². The molecule has 1 aromatic heterocycles. The number of aromatic nitrogens is 2. The van der Waals surface area contributed by atoms with Crippen LogP contribution in [-0.4, -0.2) is 20.6 Å². The minimum Gasteiger partial charge on any atom is -0.480 e. The van der Waals surface area contributed by atoms with Crippen molar-refractivity contribution in [3.63, 3.8) is 0 Å². The molecule has 3 rings (SSSR count). The molecule has 0 bridgehead atoms. The van der Waals surface area contributed by atoms with Gasteiger partial charge in [0.15, 0.2) is 0 Å². The molecule has 17 heavy (non-hydrogen) atoms. The van der Waals surface area contributed by atoms with Crippen molar-refractivity contribution in [1.82, 2.24) is 9.55 Å². The largest absolute Gasteiger partial charge is 0.480 e. The zero-order valence-corrected chi connectivity index (χ0v) is 9.52. The van der Waals surface area contributed by atoms with Crippen LogP contribution < -0.4 is 0 Å². The highest BCUT2D eigenvalue weighted by Crippen LogP contribution is 2.26. The molecule has 0 aliphatic heterocycles. The summed E-state index contributed by atoms with van der Waals surface area (Å²) in [6, 6.07) is 4.22.